The Morgan fingerprint density at radius 3 is 2.67 bits per heavy atom. The van der Waals surface area contributed by atoms with E-state index in [1.807, 2.05) is 17.0 Å². The summed E-state index contributed by atoms with van der Waals surface area (Å²) >= 11 is 0. The number of fused-ring (bicyclic) bond motifs is 3. The van der Waals surface area contributed by atoms with Crippen LogP contribution < -0.4 is 4.74 Å². The van der Waals surface area contributed by atoms with E-state index in [1.54, 1.807) is 0 Å². The molecule has 0 unspecified atom stereocenters. The quantitative estimate of drug-likeness (QED) is 0.742. The van der Waals surface area contributed by atoms with Gasteiger partial charge in [-0.1, -0.05) is 43.7 Å². The molecular formula is C23H26N2O2. The van der Waals surface area contributed by atoms with Crippen molar-refractivity contribution in [2.75, 3.05) is 19.7 Å². The molecule has 0 aliphatic carbocycles. The van der Waals surface area contributed by atoms with Crippen molar-refractivity contribution in [3.05, 3.63) is 65.4 Å². The number of hydrogen-bond acceptors (Lipinski definition) is 2. The molecular weight excluding hydrogens is 336 g/mol. The van der Waals surface area contributed by atoms with Gasteiger partial charge < -0.3 is 14.6 Å². The van der Waals surface area contributed by atoms with Gasteiger partial charge in [0.05, 0.1) is 0 Å². The van der Waals surface area contributed by atoms with E-state index in [2.05, 4.69) is 48.3 Å². The molecule has 2 heterocycles. The van der Waals surface area contributed by atoms with Crippen LogP contribution in [0.4, 0.5) is 0 Å². The van der Waals surface area contributed by atoms with Gasteiger partial charge in [-0.15, -0.1) is 0 Å². The molecule has 4 nitrogen and oxygen atoms in total. The van der Waals surface area contributed by atoms with Gasteiger partial charge in [0.25, 0.3) is 5.91 Å². The Morgan fingerprint density at radius 2 is 1.85 bits per heavy atom. The van der Waals surface area contributed by atoms with Gasteiger partial charge in [0, 0.05) is 36.1 Å². The number of para-hydroxylation sites is 1. The van der Waals surface area contributed by atoms with Gasteiger partial charge in [0.2, 0.25) is 0 Å². The van der Waals surface area contributed by atoms with E-state index in [9.17, 15) is 4.79 Å². The third-order valence-corrected chi connectivity index (χ3v) is 5.34. The number of aryl methyl sites for hydroxylation is 1. The molecule has 0 saturated carbocycles. The fourth-order valence-corrected chi connectivity index (χ4v) is 3.89. The summed E-state index contributed by atoms with van der Waals surface area (Å²) in [7, 11) is 0. The SMILES string of the molecule is CCCc1ccc(OCC(=O)N2CCc3[nH]c4ccccc4c3CC2)cc1. The van der Waals surface area contributed by atoms with Crippen molar-refractivity contribution < 1.29 is 9.53 Å². The zero-order valence-corrected chi connectivity index (χ0v) is 15.8. The van der Waals surface area contributed by atoms with Crippen LogP contribution in [0.3, 0.4) is 0 Å². The molecule has 0 fully saturated rings. The number of rotatable bonds is 5. The van der Waals surface area contributed by atoms with E-state index in [-0.39, 0.29) is 12.5 Å². The summed E-state index contributed by atoms with van der Waals surface area (Å²) in [6.45, 7) is 3.74. The lowest BCUT2D eigenvalue weighted by Crippen LogP contribution is -2.36. The largest absolute Gasteiger partial charge is 0.484 e. The standard InChI is InChI=1S/C23H26N2O2/c1-2-5-17-8-10-18(11-9-17)27-16-23(26)25-14-12-20-19-6-3-4-7-21(19)24-22(20)13-15-25/h3-4,6-11,24H,2,5,12-16H2,1H3. The Kier molecular flexibility index (Phi) is 5.14. The maximum atomic E-state index is 12.6. The van der Waals surface area contributed by atoms with Crippen LogP contribution >= 0.6 is 0 Å². The number of ether oxygens (including phenoxy) is 1. The first kappa shape index (κ1) is 17.7. The Balaban J connectivity index is 1.36. The Labute approximate surface area is 160 Å². The summed E-state index contributed by atoms with van der Waals surface area (Å²) in [4.78, 5) is 18.1. The molecule has 0 spiro atoms. The van der Waals surface area contributed by atoms with Gasteiger partial charge in [0.1, 0.15) is 5.75 Å². The summed E-state index contributed by atoms with van der Waals surface area (Å²) in [6.07, 6.45) is 3.95. The van der Waals surface area contributed by atoms with Gasteiger partial charge in [-0.2, -0.15) is 0 Å². The average molecular weight is 362 g/mol. The lowest BCUT2D eigenvalue weighted by molar-refractivity contribution is -0.133. The number of carbonyl (C=O) groups is 1. The number of carbonyl (C=O) groups excluding carboxylic acids is 1. The van der Waals surface area contributed by atoms with Gasteiger partial charge >= 0.3 is 0 Å². The molecule has 1 amide bonds. The van der Waals surface area contributed by atoms with Crippen LogP contribution in [-0.4, -0.2) is 35.5 Å². The molecule has 1 aliphatic rings. The van der Waals surface area contributed by atoms with E-state index in [0.717, 1.165) is 44.5 Å². The highest BCUT2D eigenvalue weighted by molar-refractivity contribution is 5.85. The van der Waals surface area contributed by atoms with Crippen molar-refractivity contribution >= 4 is 16.8 Å². The van der Waals surface area contributed by atoms with Gasteiger partial charge in [-0.25, -0.2) is 0 Å². The highest BCUT2D eigenvalue weighted by atomic mass is 16.5. The lowest BCUT2D eigenvalue weighted by atomic mass is 10.1. The third kappa shape index (κ3) is 3.85. The summed E-state index contributed by atoms with van der Waals surface area (Å²) in [5, 5.41) is 1.28. The smallest absolute Gasteiger partial charge is 0.260 e. The topological polar surface area (TPSA) is 45.3 Å². The Bertz CT molecular complexity index is 927. The first-order valence-corrected chi connectivity index (χ1v) is 9.82. The summed E-state index contributed by atoms with van der Waals surface area (Å²) in [5.74, 6) is 0.816. The maximum absolute atomic E-state index is 12.6. The van der Waals surface area contributed by atoms with Crippen molar-refractivity contribution in [1.29, 1.82) is 0 Å². The lowest BCUT2D eigenvalue weighted by Gasteiger charge is -2.20. The number of H-pyrrole nitrogens is 1. The number of aromatic amines is 1. The molecule has 0 saturated heterocycles. The molecule has 140 valence electrons. The fourth-order valence-electron chi connectivity index (χ4n) is 3.89. The zero-order chi connectivity index (χ0) is 18.6. The fraction of sp³-hybridized carbons (Fsp3) is 0.348. The highest BCUT2D eigenvalue weighted by Crippen LogP contribution is 2.25. The molecule has 1 aromatic heterocycles. The minimum Gasteiger partial charge on any atom is -0.484 e. The number of nitrogens with one attached hydrogen (secondary N) is 1. The molecule has 27 heavy (non-hydrogen) atoms. The van der Waals surface area contributed by atoms with Crippen molar-refractivity contribution in [1.82, 2.24) is 9.88 Å². The molecule has 1 aliphatic heterocycles. The number of amides is 1. The van der Waals surface area contributed by atoms with Crippen LogP contribution in [0.15, 0.2) is 48.5 Å². The number of hydrogen-bond donors (Lipinski definition) is 1. The molecule has 4 rings (SSSR count). The van der Waals surface area contributed by atoms with Crippen LogP contribution in [0.5, 0.6) is 5.75 Å². The van der Waals surface area contributed by atoms with Crippen molar-refractivity contribution in [3.8, 4) is 5.75 Å². The van der Waals surface area contributed by atoms with Crippen LogP contribution in [0.1, 0.15) is 30.2 Å². The van der Waals surface area contributed by atoms with Crippen molar-refractivity contribution in [3.63, 3.8) is 0 Å². The minimum atomic E-state index is 0.0575. The first-order chi connectivity index (χ1) is 13.2. The van der Waals surface area contributed by atoms with Gasteiger partial charge in [-0.3, -0.25) is 4.79 Å². The van der Waals surface area contributed by atoms with Gasteiger partial charge in [0.15, 0.2) is 6.61 Å². The zero-order valence-electron chi connectivity index (χ0n) is 15.8. The number of nitrogens with zero attached hydrogens (tertiary/aromatic N) is 1. The molecule has 2 aromatic carbocycles. The van der Waals surface area contributed by atoms with E-state index in [4.69, 9.17) is 4.74 Å². The molecule has 4 heteroatoms. The maximum Gasteiger partial charge on any atom is 0.260 e. The predicted octanol–water partition coefficient (Wildman–Crippen LogP) is 4.13. The van der Waals surface area contributed by atoms with Gasteiger partial charge in [-0.05, 0) is 42.2 Å². The van der Waals surface area contributed by atoms with Crippen molar-refractivity contribution in [2.24, 2.45) is 0 Å². The van der Waals surface area contributed by atoms with Crippen LogP contribution in [-0.2, 0) is 24.1 Å². The monoisotopic (exact) mass is 362 g/mol. The number of aromatic nitrogens is 1. The second-order valence-corrected chi connectivity index (χ2v) is 7.19. The molecule has 3 aromatic rings. The van der Waals surface area contributed by atoms with E-state index < -0.39 is 0 Å². The highest BCUT2D eigenvalue weighted by Gasteiger charge is 2.21. The second kappa shape index (κ2) is 7.87. The minimum absolute atomic E-state index is 0.0575. The Morgan fingerprint density at radius 1 is 1.07 bits per heavy atom. The van der Waals surface area contributed by atoms with Crippen LogP contribution in [0.2, 0.25) is 0 Å². The van der Waals surface area contributed by atoms with E-state index >= 15 is 0 Å². The third-order valence-electron chi connectivity index (χ3n) is 5.34. The average Bonchev–Trinajstić information content (AvgIpc) is 2.91. The second-order valence-electron chi connectivity index (χ2n) is 7.19. The Hall–Kier alpha value is -2.75. The summed E-state index contributed by atoms with van der Waals surface area (Å²) < 4.78 is 5.72. The normalized spacial score (nSPS) is 14.0. The molecule has 0 bridgehead atoms. The molecule has 0 atom stereocenters. The predicted molar refractivity (Wildman–Crippen MR) is 108 cm³/mol. The summed E-state index contributed by atoms with van der Waals surface area (Å²) in [5.41, 5.74) is 5.11. The van der Waals surface area contributed by atoms with E-state index in [1.165, 1.54) is 27.7 Å². The number of benzene rings is 2. The van der Waals surface area contributed by atoms with Crippen LogP contribution in [0, 0.1) is 0 Å². The summed E-state index contributed by atoms with van der Waals surface area (Å²) in [6, 6.07) is 16.5. The molecule has 1 N–H and O–H groups in total. The van der Waals surface area contributed by atoms with Crippen molar-refractivity contribution in [2.45, 2.75) is 32.6 Å². The van der Waals surface area contributed by atoms with E-state index in [0.29, 0.717) is 0 Å². The first-order valence-electron chi connectivity index (χ1n) is 9.82. The van der Waals surface area contributed by atoms with Crippen LogP contribution in [0.25, 0.3) is 10.9 Å². The molecule has 0 radical (unpaired) electrons.